The number of alkyl carbamates (subject to hydrolysis) is 1. The van der Waals surface area contributed by atoms with E-state index in [0.29, 0.717) is 0 Å². The van der Waals surface area contributed by atoms with Crippen LogP contribution in [0.3, 0.4) is 0 Å². The Morgan fingerprint density at radius 1 is 1.30 bits per heavy atom. The summed E-state index contributed by atoms with van der Waals surface area (Å²) in [5, 5.41) is 1.91. The predicted molar refractivity (Wildman–Crippen MR) is 65.9 cm³/mol. The average Bonchev–Trinajstić information content (AvgIpc) is 2.44. The first-order valence-electron chi connectivity index (χ1n) is 5.59. The molecule has 1 aromatic carbocycles. The van der Waals surface area contributed by atoms with Gasteiger partial charge in [0.05, 0.1) is 7.11 Å². The summed E-state index contributed by atoms with van der Waals surface area (Å²) in [6.45, 7) is -0.0458. The zero-order valence-corrected chi connectivity index (χ0v) is 10.6. The van der Waals surface area contributed by atoms with Crippen LogP contribution in [0.2, 0.25) is 0 Å². The standard InChI is InChI=1S/C13H13F2NO4/c1-19-12(17)10(7-11(14)15)16-13(18)20-8-9-5-3-2-4-6-9/h2-7,11H,8H2,1H3,(H,16,18)/b10-7-. The summed E-state index contributed by atoms with van der Waals surface area (Å²) in [4.78, 5) is 22.6. The fourth-order valence-corrected chi connectivity index (χ4v) is 1.27. The maximum Gasteiger partial charge on any atom is 0.412 e. The van der Waals surface area contributed by atoms with E-state index < -0.39 is 24.2 Å². The molecule has 1 amide bonds. The molecule has 108 valence electrons. The number of rotatable bonds is 5. The Balaban J connectivity index is 2.56. The quantitative estimate of drug-likeness (QED) is 0.665. The lowest BCUT2D eigenvalue weighted by molar-refractivity contribution is -0.136. The second kappa shape index (κ2) is 7.88. The van der Waals surface area contributed by atoms with Gasteiger partial charge in [-0.25, -0.2) is 18.4 Å². The largest absolute Gasteiger partial charge is 0.464 e. The first-order chi connectivity index (χ1) is 9.52. The number of methoxy groups -OCH3 is 1. The fraction of sp³-hybridized carbons (Fsp3) is 0.231. The van der Waals surface area contributed by atoms with E-state index in [0.717, 1.165) is 12.7 Å². The van der Waals surface area contributed by atoms with Crippen LogP contribution in [-0.2, 0) is 20.9 Å². The third-order valence-electron chi connectivity index (χ3n) is 2.15. The fourth-order valence-electron chi connectivity index (χ4n) is 1.27. The second-order valence-electron chi connectivity index (χ2n) is 3.59. The molecule has 0 aliphatic carbocycles. The number of hydrogen-bond acceptors (Lipinski definition) is 4. The van der Waals surface area contributed by atoms with Crippen LogP contribution in [-0.4, -0.2) is 25.6 Å². The predicted octanol–water partition coefficient (Wildman–Crippen LogP) is 2.23. The van der Waals surface area contributed by atoms with Crippen molar-refractivity contribution in [3.8, 4) is 0 Å². The van der Waals surface area contributed by atoms with Crippen molar-refractivity contribution in [1.82, 2.24) is 5.32 Å². The average molecular weight is 285 g/mol. The first-order valence-corrected chi connectivity index (χ1v) is 5.59. The SMILES string of the molecule is COC(=O)/C(=C/C(F)F)NC(=O)OCc1ccccc1. The maximum absolute atomic E-state index is 12.2. The van der Waals surface area contributed by atoms with Crippen LogP contribution in [0.15, 0.2) is 42.1 Å². The van der Waals surface area contributed by atoms with Crippen molar-refractivity contribution in [2.24, 2.45) is 0 Å². The van der Waals surface area contributed by atoms with Gasteiger partial charge in [0, 0.05) is 6.08 Å². The van der Waals surface area contributed by atoms with Crippen LogP contribution >= 0.6 is 0 Å². The number of nitrogens with one attached hydrogen (secondary N) is 1. The number of carbonyl (C=O) groups is 2. The number of benzene rings is 1. The van der Waals surface area contributed by atoms with Crippen molar-refractivity contribution in [3.05, 3.63) is 47.7 Å². The Hall–Kier alpha value is -2.44. The lowest BCUT2D eigenvalue weighted by atomic mass is 10.2. The van der Waals surface area contributed by atoms with E-state index in [4.69, 9.17) is 4.74 Å². The highest BCUT2D eigenvalue weighted by atomic mass is 19.3. The monoisotopic (exact) mass is 285 g/mol. The number of alkyl halides is 2. The second-order valence-corrected chi connectivity index (χ2v) is 3.59. The number of hydrogen-bond donors (Lipinski definition) is 1. The van der Waals surface area contributed by atoms with Crippen LogP contribution in [0.25, 0.3) is 0 Å². The molecule has 0 aliphatic heterocycles. The Morgan fingerprint density at radius 3 is 2.50 bits per heavy atom. The third-order valence-corrected chi connectivity index (χ3v) is 2.15. The van der Waals surface area contributed by atoms with Gasteiger partial charge in [-0.05, 0) is 5.56 Å². The highest BCUT2D eigenvalue weighted by Gasteiger charge is 2.16. The van der Waals surface area contributed by atoms with Crippen LogP contribution in [0.4, 0.5) is 13.6 Å². The molecule has 0 atom stereocenters. The van der Waals surface area contributed by atoms with E-state index in [1.807, 2.05) is 5.32 Å². The van der Waals surface area contributed by atoms with Crippen LogP contribution in [0.5, 0.6) is 0 Å². The molecular weight excluding hydrogens is 272 g/mol. The molecule has 0 saturated carbocycles. The molecule has 0 saturated heterocycles. The van der Waals surface area contributed by atoms with Crippen molar-refractivity contribution in [3.63, 3.8) is 0 Å². The number of allylic oxidation sites excluding steroid dienone is 1. The summed E-state index contributed by atoms with van der Waals surface area (Å²) >= 11 is 0. The summed E-state index contributed by atoms with van der Waals surface area (Å²) in [6.07, 6.45) is -3.65. The van der Waals surface area contributed by atoms with Gasteiger partial charge in [-0.2, -0.15) is 0 Å². The molecule has 0 unspecified atom stereocenters. The molecule has 0 aromatic heterocycles. The summed E-state index contributed by atoms with van der Waals surface area (Å²) < 4.78 is 33.5. The van der Waals surface area contributed by atoms with Gasteiger partial charge in [0.15, 0.2) is 0 Å². The molecule has 0 fully saturated rings. The zero-order valence-electron chi connectivity index (χ0n) is 10.6. The molecule has 0 aliphatic rings. The molecule has 0 radical (unpaired) electrons. The molecule has 5 nitrogen and oxygen atoms in total. The van der Waals surface area contributed by atoms with Gasteiger partial charge in [-0.3, -0.25) is 5.32 Å². The summed E-state index contributed by atoms with van der Waals surface area (Å²) in [5.74, 6) is -1.08. The molecule has 0 heterocycles. The van der Waals surface area contributed by atoms with Crippen molar-refractivity contribution in [1.29, 1.82) is 0 Å². The van der Waals surface area contributed by atoms with E-state index in [2.05, 4.69) is 4.74 Å². The van der Waals surface area contributed by atoms with Gasteiger partial charge in [0.1, 0.15) is 12.3 Å². The molecule has 1 N–H and O–H groups in total. The molecule has 1 rings (SSSR count). The number of amides is 1. The first kappa shape index (κ1) is 15.6. The van der Waals surface area contributed by atoms with Crippen LogP contribution in [0.1, 0.15) is 5.56 Å². The van der Waals surface area contributed by atoms with Gasteiger partial charge in [-0.1, -0.05) is 30.3 Å². The Labute approximate surface area is 114 Å². The molecule has 0 bridgehead atoms. The summed E-state index contributed by atoms with van der Waals surface area (Å²) in [5.41, 5.74) is 0.0562. The number of carbonyl (C=O) groups excluding carboxylic acids is 2. The van der Waals surface area contributed by atoms with Gasteiger partial charge in [0.2, 0.25) is 0 Å². The van der Waals surface area contributed by atoms with Gasteiger partial charge >= 0.3 is 12.1 Å². The molecule has 7 heteroatoms. The summed E-state index contributed by atoms with van der Waals surface area (Å²) in [7, 11) is 1.01. The van der Waals surface area contributed by atoms with E-state index in [1.165, 1.54) is 0 Å². The zero-order chi connectivity index (χ0) is 15.0. The molecule has 20 heavy (non-hydrogen) atoms. The van der Waals surface area contributed by atoms with E-state index >= 15 is 0 Å². The minimum absolute atomic E-state index is 0.0458. The maximum atomic E-state index is 12.2. The van der Waals surface area contributed by atoms with Crippen molar-refractivity contribution < 1.29 is 27.8 Å². The van der Waals surface area contributed by atoms with Gasteiger partial charge < -0.3 is 9.47 Å². The number of ether oxygens (including phenoxy) is 2. The minimum Gasteiger partial charge on any atom is -0.464 e. The minimum atomic E-state index is -2.90. The van der Waals surface area contributed by atoms with E-state index in [9.17, 15) is 18.4 Å². The number of esters is 1. The lowest BCUT2D eigenvalue weighted by Crippen LogP contribution is -2.29. The molecule has 1 aromatic rings. The van der Waals surface area contributed by atoms with Crippen molar-refractivity contribution in [2.75, 3.05) is 7.11 Å². The Bertz CT molecular complexity index is 488. The van der Waals surface area contributed by atoms with Crippen molar-refractivity contribution in [2.45, 2.75) is 13.0 Å². The van der Waals surface area contributed by atoms with Crippen LogP contribution < -0.4 is 5.32 Å². The smallest absolute Gasteiger partial charge is 0.412 e. The normalized spacial score (nSPS) is 11.1. The Kier molecular flexibility index (Phi) is 6.15. The third kappa shape index (κ3) is 5.47. The lowest BCUT2D eigenvalue weighted by Gasteiger charge is -2.09. The molecule has 0 spiro atoms. The van der Waals surface area contributed by atoms with Crippen LogP contribution in [0, 0.1) is 0 Å². The Morgan fingerprint density at radius 2 is 1.95 bits per heavy atom. The summed E-state index contributed by atoms with van der Waals surface area (Å²) in [6, 6.07) is 8.76. The number of halogens is 2. The molecular formula is C13H13F2NO4. The highest BCUT2D eigenvalue weighted by molar-refractivity contribution is 5.92. The van der Waals surface area contributed by atoms with E-state index in [1.54, 1.807) is 30.3 Å². The highest BCUT2D eigenvalue weighted by Crippen LogP contribution is 2.04. The topological polar surface area (TPSA) is 64.6 Å². The van der Waals surface area contributed by atoms with Gasteiger partial charge in [0.25, 0.3) is 6.43 Å². The van der Waals surface area contributed by atoms with Gasteiger partial charge in [-0.15, -0.1) is 0 Å². The van der Waals surface area contributed by atoms with Crippen molar-refractivity contribution >= 4 is 12.1 Å². The van der Waals surface area contributed by atoms with E-state index in [-0.39, 0.29) is 12.7 Å².